The second-order valence-electron chi connectivity index (χ2n) is 7.59. The Labute approximate surface area is 191 Å². The number of alkyl halides is 6. The largest absolute Gasteiger partial charge is 0.483 e. The van der Waals surface area contributed by atoms with Crippen LogP contribution in [0.1, 0.15) is 43.9 Å². The van der Waals surface area contributed by atoms with Crippen molar-refractivity contribution in [3.05, 3.63) is 70.9 Å². The number of oxime groups is 1. The van der Waals surface area contributed by atoms with Gasteiger partial charge in [0, 0.05) is 28.2 Å². The molecule has 0 aliphatic rings. The van der Waals surface area contributed by atoms with Gasteiger partial charge < -0.3 is 14.6 Å². The molecule has 0 aliphatic carbocycles. The number of H-pyrrole nitrogens is 1. The molecule has 34 heavy (non-hydrogen) atoms. The lowest BCUT2D eigenvalue weighted by molar-refractivity contribution is -0.158. The molecule has 0 amide bonds. The van der Waals surface area contributed by atoms with Crippen molar-refractivity contribution in [2.45, 2.75) is 39.5 Å². The minimum absolute atomic E-state index is 0.0161. The molecule has 1 N–H and O–H groups in total. The van der Waals surface area contributed by atoms with E-state index in [0.29, 0.717) is 23.8 Å². The highest BCUT2D eigenvalue weighted by molar-refractivity contribution is 6.09. The van der Waals surface area contributed by atoms with E-state index in [1.807, 2.05) is 24.3 Å². The third-order valence-corrected chi connectivity index (χ3v) is 5.12. The minimum Gasteiger partial charge on any atom is -0.483 e. The standard InChI is InChI=1S/C24H22F6N2O2/c1-4-14(2)22(34-32-15(3)17-6-5-7-20-18(17)10-11-31-20)16-8-9-21(33-13-23(25,26)27)19(12-16)24(28,29)30/h5-12,31H,4,13H2,1-3H3/b22-14-,32-15+. The molecule has 3 aromatic rings. The Hall–Kier alpha value is -3.43. The van der Waals surface area contributed by atoms with Crippen LogP contribution in [0.4, 0.5) is 26.3 Å². The van der Waals surface area contributed by atoms with Crippen LogP contribution in [0, 0.1) is 0 Å². The van der Waals surface area contributed by atoms with E-state index in [4.69, 9.17) is 4.84 Å². The quantitative estimate of drug-likeness (QED) is 0.162. The fourth-order valence-corrected chi connectivity index (χ4v) is 3.28. The van der Waals surface area contributed by atoms with Gasteiger partial charge in [0.25, 0.3) is 0 Å². The monoisotopic (exact) mass is 484 g/mol. The number of nitrogens with one attached hydrogen (secondary N) is 1. The van der Waals surface area contributed by atoms with Gasteiger partial charge in [-0.2, -0.15) is 26.3 Å². The molecule has 0 fully saturated rings. The SMILES string of the molecule is CC/C(C)=C(\O/N=C(\C)c1cccc2[nH]ccc12)c1ccc(OCC(F)(F)F)c(C(F)(F)F)c1. The molecule has 0 saturated heterocycles. The van der Waals surface area contributed by atoms with E-state index in [2.05, 4.69) is 14.9 Å². The van der Waals surface area contributed by atoms with Crippen LogP contribution >= 0.6 is 0 Å². The lowest BCUT2D eigenvalue weighted by Crippen LogP contribution is -2.21. The first-order valence-corrected chi connectivity index (χ1v) is 10.3. The Balaban J connectivity index is 1.98. The van der Waals surface area contributed by atoms with Crippen LogP contribution in [0.25, 0.3) is 16.7 Å². The molecule has 0 bridgehead atoms. The summed E-state index contributed by atoms with van der Waals surface area (Å²) in [6, 6.07) is 10.2. The van der Waals surface area contributed by atoms with E-state index in [-0.39, 0.29) is 11.3 Å². The van der Waals surface area contributed by atoms with E-state index in [0.717, 1.165) is 22.5 Å². The van der Waals surface area contributed by atoms with Crippen molar-refractivity contribution >= 4 is 22.4 Å². The Morgan fingerprint density at radius 3 is 2.38 bits per heavy atom. The van der Waals surface area contributed by atoms with E-state index < -0.39 is 30.3 Å². The third kappa shape index (κ3) is 5.92. The van der Waals surface area contributed by atoms with Gasteiger partial charge in [0.05, 0.1) is 11.3 Å². The molecular formula is C24H22F6N2O2. The maximum absolute atomic E-state index is 13.6. The summed E-state index contributed by atoms with van der Waals surface area (Å²) >= 11 is 0. The zero-order chi connectivity index (χ0) is 25.1. The second kappa shape index (κ2) is 9.82. The number of aromatic amines is 1. The van der Waals surface area contributed by atoms with Gasteiger partial charge in [0.15, 0.2) is 12.4 Å². The zero-order valence-electron chi connectivity index (χ0n) is 18.6. The fourth-order valence-electron chi connectivity index (χ4n) is 3.28. The Morgan fingerprint density at radius 1 is 1.00 bits per heavy atom. The maximum atomic E-state index is 13.6. The van der Waals surface area contributed by atoms with Gasteiger partial charge in [-0.25, -0.2) is 0 Å². The number of ether oxygens (including phenoxy) is 1. The lowest BCUT2D eigenvalue weighted by atomic mass is 10.0. The van der Waals surface area contributed by atoms with Crippen LogP contribution in [-0.4, -0.2) is 23.5 Å². The van der Waals surface area contributed by atoms with Crippen molar-refractivity contribution in [2.75, 3.05) is 6.61 Å². The normalized spacial score (nSPS) is 13.7. The molecule has 0 radical (unpaired) electrons. The summed E-state index contributed by atoms with van der Waals surface area (Å²) in [5, 5.41) is 5.04. The minimum atomic E-state index is -4.94. The first kappa shape index (κ1) is 25.2. The molecule has 2 aromatic carbocycles. The number of benzene rings is 2. The highest BCUT2D eigenvalue weighted by atomic mass is 19.4. The number of nitrogens with zero attached hydrogens (tertiary/aromatic N) is 1. The summed E-state index contributed by atoms with van der Waals surface area (Å²) in [5.41, 5.74) is 1.44. The predicted octanol–water partition coefficient (Wildman–Crippen LogP) is 7.71. The number of halogens is 6. The second-order valence-corrected chi connectivity index (χ2v) is 7.59. The van der Waals surface area contributed by atoms with Gasteiger partial charge in [-0.1, -0.05) is 24.2 Å². The van der Waals surface area contributed by atoms with Crippen LogP contribution in [0.3, 0.4) is 0 Å². The first-order chi connectivity index (χ1) is 15.9. The summed E-state index contributed by atoms with van der Waals surface area (Å²) in [5.74, 6) is -0.836. The van der Waals surface area contributed by atoms with E-state index >= 15 is 0 Å². The molecule has 0 unspecified atom stereocenters. The molecule has 0 spiro atoms. The summed E-state index contributed by atoms with van der Waals surface area (Å²) in [6.45, 7) is 3.34. The van der Waals surface area contributed by atoms with Crippen molar-refractivity contribution in [3.8, 4) is 5.75 Å². The topological polar surface area (TPSA) is 46.6 Å². The Bertz CT molecular complexity index is 1220. The van der Waals surface area contributed by atoms with Gasteiger partial charge in [-0.3, -0.25) is 0 Å². The van der Waals surface area contributed by atoms with Crippen molar-refractivity contribution in [2.24, 2.45) is 5.16 Å². The molecule has 182 valence electrons. The Kier molecular flexibility index (Phi) is 7.28. The summed E-state index contributed by atoms with van der Waals surface area (Å²) < 4.78 is 82.6. The van der Waals surface area contributed by atoms with Crippen molar-refractivity contribution in [1.29, 1.82) is 0 Å². The van der Waals surface area contributed by atoms with Crippen molar-refractivity contribution in [3.63, 3.8) is 0 Å². The van der Waals surface area contributed by atoms with Crippen LogP contribution in [0.5, 0.6) is 5.75 Å². The number of aromatic nitrogens is 1. The highest BCUT2D eigenvalue weighted by Gasteiger charge is 2.37. The van der Waals surface area contributed by atoms with Gasteiger partial charge in [0.2, 0.25) is 0 Å². The maximum Gasteiger partial charge on any atom is 0.422 e. The number of fused-ring (bicyclic) bond motifs is 1. The fraction of sp³-hybridized carbons (Fsp3) is 0.292. The summed E-state index contributed by atoms with van der Waals surface area (Å²) in [7, 11) is 0. The average Bonchev–Trinajstić information content (AvgIpc) is 3.25. The molecule has 4 nitrogen and oxygen atoms in total. The molecule has 0 atom stereocenters. The third-order valence-electron chi connectivity index (χ3n) is 5.12. The van der Waals surface area contributed by atoms with Crippen LogP contribution < -0.4 is 4.74 Å². The van der Waals surface area contributed by atoms with Gasteiger partial charge in [0.1, 0.15) is 5.75 Å². The number of allylic oxidation sites excluding steroid dienone is 1. The number of hydrogen-bond donors (Lipinski definition) is 1. The smallest absolute Gasteiger partial charge is 0.422 e. The molecule has 10 heteroatoms. The van der Waals surface area contributed by atoms with Crippen molar-refractivity contribution in [1.82, 2.24) is 4.98 Å². The molecule has 0 aliphatic heterocycles. The average molecular weight is 484 g/mol. The number of rotatable bonds is 7. The lowest BCUT2D eigenvalue weighted by Gasteiger charge is -2.17. The highest BCUT2D eigenvalue weighted by Crippen LogP contribution is 2.39. The first-order valence-electron chi connectivity index (χ1n) is 10.3. The molecular weight excluding hydrogens is 462 g/mol. The molecule has 1 aromatic heterocycles. The summed E-state index contributed by atoms with van der Waals surface area (Å²) in [4.78, 5) is 8.70. The van der Waals surface area contributed by atoms with Crippen LogP contribution in [0.2, 0.25) is 0 Å². The Morgan fingerprint density at radius 2 is 1.74 bits per heavy atom. The van der Waals surface area contributed by atoms with Gasteiger partial charge in [-0.15, -0.1) is 0 Å². The van der Waals surface area contributed by atoms with E-state index in [1.165, 1.54) is 6.07 Å². The van der Waals surface area contributed by atoms with Crippen LogP contribution in [0.15, 0.2) is 59.4 Å². The zero-order valence-corrected chi connectivity index (χ0v) is 18.6. The predicted molar refractivity (Wildman–Crippen MR) is 117 cm³/mol. The van der Waals surface area contributed by atoms with E-state index in [9.17, 15) is 26.3 Å². The van der Waals surface area contributed by atoms with Gasteiger partial charge in [-0.05, 0) is 56.2 Å². The number of hydrogen-bond acceptors (Lipinski definition) is 3. The molecule has 3 rings (SSSR count). The molecule has 0 saturated carbocycles. The van der Waals surface area contributed by atoms with E-state index in [1.54, 1.807) is 27.0 Å². The van der Waals surface area contributed by atoms with Crippen molar-refractivity contribution < 1.29 is 35.9 Å². The summed E-state index contributed by atoms with van der Waals surface area (Å²) in [6.07, 6.45) is -7.49. The van der Waals surface area contributed by atoms with Crippen LogP contribution in [-0.2, 0) is 11.0 Å². The van der Waals surface area contributed by atoms with Gasteiger partial charge >= 0.3 is 12.4 Å². The molecule has 1 heterocycles.